The van der Waals surface area contributed by atoms with Gasteiger partial charge in [0.2, 0.25) is 0 Å². The van der Waals surface area contributed by atoms with Crippen LogP contribution in [-0.4, -0.2) is 40.5 Å². The smallest absolute Gasteiger partial charge is 0.407 e. The molecule has 0 fully saturated rings. The van der Waals surface area contributed by atoms with E-state index in [0.29, 0.717) is 17.5 Å². The second-order valence-corrected chi connectivity index (χ2v) is 7.67. The lowest BCUT2D eigenvalue weighted by Gasteiger charge is -2.32. The van der Waals surface area contributed by atoms with Gasteiger partial charge < -0.3 is 10.1 Å². The fraction of sp³-hybridized carbons (Fsp3) is 0.550. The fourth-order valence-corrected chi connectivity index (χ4v) is 3.11. The number of hydrogen-bond acceptors (Lipinski definition) is 4. The average Bonchev–Trinajstić information content (AvgIpc) is 2.79. The van der Waals surface area contributed by atoms with E-state index in [2.05, 4.69) is 5.32 Å². The monoisotopic (exact) mass is 360 g/mol. The molecule has 0 radical (unpaired) electrons. The van der Waals surface area contributed by atoms with Crippen LogP contribution in [0.15, 0.2) is 24.3 Å². The van der Waals surface area contributed by atoms with E-state index in [9.17, 15) is 14.4 Å². The molecule has 6 heteroatoms. The van der Waals surface area contributed by atoms with E-state index in [-0.39, 0.29) is 11.8 Å². The van der Waals surface area contributed by atoms with Gasteiger partial charge in [0.05, 0.1) is 23.2 Å². The molecular weight excluding hydrogens is 332 g/mol. The normalized spacial score (nSPS) is 16.3. The van der Waals surface area contributed by atoms with Crippen molar-refractivity contribution in [3.8, 4) is 0 Å². The number of rotatable bonds is 6. The van der Waals surface area contributed by atoms with Crippen LogP contribution in [0.1, 0.15) is 74.6 Å². The summed E-state index contributed by atoms with van der Waals surface area (Å²) in [6.07, 6.45) is 1.85. The number of benzene rings is 1. The fourth-order valence-electron chi connectivity index (χ4n) is 3.11. The number of hydrogen-bond donors (Lipinski definition) is 1. The van der Waals surface area contributed by atoms with Gasteiger partial charge in [0.15, 0.2) is 0 Å². The quantitative estimate of drug-likeness (QED) is 0.784. The van der Waals surface area contributed by atoms with Crippen molar-refractivity contribution in [2.45, 2.75) is 71.6 Å². The number of unbranched alkanes of at least 4 members (excludes halogenated alkanes) is 1. The molecular formula is C20H28N2O4. The van der Waals surface area contributed by atoms with Gasteiger partial charge in [0, 0.05) is 0 Å². The summed E-state index contributed by atoms with van der Waals surface area (Å²) >= 11 is 0. The van der Waals surface area contributed by atoms with E-state index in [1.807, 2.05) is 6.92 Å². The van der Waals surface area contributed by atoms with Crippen LogP contribution in [0, 0.1) is 0 Å². The first-order chi connectivity index (χ1) is 12.2. The molecule has 1 N–H and O–H groups in total. The Bertz CT molecular complexity index is 658. The molecule has 6 nitrogen and oxygen atoms in total. The first kappa shape index (κ1) is 19.9. The molecule has 1 aliphatic rings. The zero-order chi connectivity index (χ0) is 19.5. The molecule has 0 spiro atoms. The Labute approximate surface area is 154 Å². The van der Waals surface area contributed by atoms with E-state index in [1.165, 1.54) is 4.90 Å². The Morgan fingerprint density at radius 2 is 1.69 bits per heavy atom. The number of amides is 3. The van der Waals surface area contributed by atoms with E-state index >= 15 is 0 Å². The molecule has 0 bridgehead atoms. The maximum Gasteiger partial charge on any atom is 0.407 e. The molecule has 1 aromatic rings. The number of nitrogens with zero attached hydrogens (tertiary/aromatic N) is 1. The topological polar surface area (TPSA) is 75.7 Å². The van der Waals surface area contributed by atoms with Crippen LogP contribution in [-0.2, 0) is 4.74 Å². The molecule has 2 rings (SSSR count). The molecule has 142 valence electrons. The molecule has 0 aromatic heterocycles. The predicted molar refractivity (Wildman–Crippen MR) is 99.1 cm³/mol. The van der Waals surface area contributed by atoms with Gasteiger partial charge in [-0.05, 0) is 46.2 Å². The highest BCUT2D eigenvalue weighted by molar-refractivity contribution is 6.21. The Morgan fingerprint density at radius 3 is 2.15 bits per heavy atom. The molecule has 0 unspecified atom stereocenters. The summed E-state index contributed by atoms with van der Waals surface area (Å²) in [5, 5.41) is 2.78. The van der Waals surface area contributed by atoms with Crippen LogP contribution in [0.4, 0.5) is 4.79 Å². The first-order valence-electron chi connectivity index (χ1n) is 9.12. The van der Waals surface area contributed by atoms with Gasteiger partial charge >= 0.3 is 6.09 Å². The van der Waals surface area contributed by atoms with Gasteiger partial charge in [-0.3, -0.25) is 14.5 Å². The lowest BCUT2D eigenvalue weighted by atomic mass is 10.0. The third kappa shape index (κ3) is 4.42. The molecule has 1 aromatic carbocycles. The van der Waals surface area contributed by atoms with E-state index in [0.717, 1.165) is 12.8 Å². The van der Waals surface area contributed by atoms with Crippen LogP contribution in [0.5, 0.6) is 0 Å². The third-order valence-electron chi connectivity index (χ3n) is 4.33. The summed E-state index contributed by atoms with van der Waals surface area (Å²) in [6.45, 7) is 9.21. The molecule has 26 heavy (non-hydrogen) atoms. The second kappa shape index (κ2) is 7.89. The van der Waals surface area contributed by atoms with Gasteiger partial charge in [-0.2, -0.15) is 0 Å². The van der Waals surface area contributed by atoms with Crippen LogP contribution >= 0.6 is 0 Å². The van der Waals surface area contributed by atoms with Gasteiger partial charge in [-0.15, -0.1) is 0 Å². The van der Waals surface area contributed by atoms with Crippen molar-refractivity contribution in [1.29, 1.82) is 0 Å². The highest BCUT2D eigenvalue weighted by atomic mass is 16.6. The number of ether oxygens (including phenoxy) is 1. The summed E-state index contributed by atoms with van der Waals surface area (Å²) in [6, 6.07) is 5.98. The first-order valence-corrected chi connectivity index (χ1v) is 9.12. The average molecular weight is 360 g/mol. The molecule has 3 amide bonds. The second-order valence-electron chi connectivity index (χ2n) is 7.67. The molecule has 0 saturated carbocycles. The van der Waals surface area contributed by atoms with Gasteiger partial charge in [0.1, 0.15) is 5.60 Å². The maximum absolute atomic E-state index is 12.8. The molecule has 0 saturated heterocycles. The van der Waals surface area contributed by atoms with Crippen molar-refractivity contribution < 1.29 is 19.1 Å². The molecule has 2 atom stereocenters. The number of carbonyl (C=O) groups excluding carboxylic acids is 3. The molecule has 1 aliphatic heterocycles. The SMILES string of the molecule is CCCC[C@H]([C@H](C)NC(=O)OC(C)(C)C)N1C(=O)c2ccccc2C1=O. The lowest BCUT2D eigenvalue weighted by molar-refractivity contribution is 0.0412. The van der Waals surface area contributed by atoms with E-state index in [1.54, 1.807) is 52.0 Å². The van der Waals surface area contributed by atoms with Gasteiger partial charge in [-0.1, -0.05) is 31.9 Å². The van der Waals surface area contributed by atoms with Crippen molar-refractivity contribution in [2.75, 3.05) is 0 Å². The van der Waals surface area contributed by atoms with Crippen molar-refractivity contribution in [3.05, 3.63) is 35.4 Å². The molecule has 0 aliphatic carbocycles. The van der Waals surface area contributed by atoms with Crippen molar-refractivity contribution in [2.24, 2.45) is 0 Å². The van der Waals surface area contributed by atoms with Crippen LogP contribution in [0.2, 0.25) is 0 Å². The number of carbonyl (C=O) groups is 3. The largest absolute Gasteiger partial charge is 0.444 e. The number of imide groups is 1. The number of fused-ring (bicyclic) bond motifs is 1. The Hall–Kier alpha value is -2.37. The summed E-state index contributed by atoms with van der Waals surface area (Å²) in [7, 11) is 0. The zero-order valence-electron chi connectivity index (χ0n) is 16.2. The maximum atomic E-state index is 12.8. The lowest BCUT2D eigenvalue weighted by Crippen LogP contribution is -2.53. The van der Waals surface area contributed by atoms with Crippen molar-refractivity contribution in [1.82, 2.24) is 10.2 Å². The minimum Gasteiger partial charge on any atom is -0.444 e. The van der Waals surface area contributed by atoms with E-state index in [4.69, 9.17) is 4.74 Å². The van der Waals surface area contributed by atoms with Crippen LogP contribution in [0.3, 0.4) is 0 Å². The van der Waals surface area contributed by atoms with Crippen LogP contribution < -0.4 is 5.32 Å². The number of nitrogens with one attached hydrogen (secondary N) is 1. The molecule has 1 heterocycles. The predicted octanol–water partition coefficient (Wildman–Crippen LogP) is 3.75. The van der Waals surface area contributed by atoms with E-state index < -0.39 is 23.8 Å². The number of alkyl carbamates (subject to hydrolysis) is 1. The van der Waals surface area contributed by atoms with Gasteiger partial charge in [0.25, 0.3) is 11.8 Å². The highest BCUT2D eigenvalue weighted by Gasteiger charge is 2.41. The standard InChI is InChI=1S/C20H28N2O4/c1-6-7-12-16(13(2)21-19(25)26-20(3,4)5)22-17(23)14-10-8-9-11-15(14)18(22)24/h8-11,13,16H,6-7,12H2,1-5H3,(H,21,25)/t13-,16+/m0/s1. The Kier molecular flexibility index (Phi) is 6.05. The van der Waals surface area contributed by atoms with Crippen molar-refractivity contribution in [3.63, 3.8) is 0 Å². The minimum absolute atomic E-state index is 0.301. The van der Waals surface area contributed by atoms with Crippen LogP contribution in [0.25, 0.3) is 0 Å². The zero-order valence-corrected chi connectivity index (χ0v) is 16.2. The summed E-state index contributed by atoms with van der Waals surface area (Å²) in [5.74, 6) is -0.603. The third-order valence-corrected chi connectivity index (χ3v) is 4.33. The van der Waals surface area contributed by atoms with Gasteiger partial charge in [-0.25, -0.2) is 4.79 Å². The summed E-state index contributed by atoms with van der Waals surface area (Å²) in [5.41, 5.74) is 0.227. The Morgan fingerprint density at radius 1 is 1.15 bits per heavy atom. The summed E-state index contributed by atoms with van der Waals surface area (Å²) in [4.78, 5) is 39.0. The Balaban J connectivity index is 2.21. The van der Waals surface area contributed by atoms with Crippen molar-refractivity contribution >= 4 is 17.9 Å². The minimum atomic E-state index is -0.613. The summed E-state index contributed by atoms with van der Waals surface area (Å²) < 4.78 is 5.30. The highest BCUT2D eigenvalue weighted by Crippen LogP contribution is 2.27.